The van der Waals surface area contributed by atoms with Crippen molar-refractivity contribution in [3.05, 3.63) is 0 Å². The van der Waals surface area contributed by atoms with E-state index in [4.69, 9.17) is 4.74 Å². The van der Waals surface area contributed by atoms with E-state index in [1.165, 1.54) is 0 Å². The van der Waals surface area contributed by atoms with Crippen LogP contribution in [0.2, 0.25) is 0 Å². The van der Waals surface area contributed by atoms with Gasteiger partial charge in [0.2, 0.25) is 0 Å². The molecular formula is C10H18O2. The monoisotopic (exact) mass is 170 g/mol. The van der Waals surface area contributed by atoms with Gasteiger partial charge >= 0.3 is 0 Å². The Labute approximate surface area is 73.9 Å². The summed E-state index contributed by atoms with van der Waals surface area (Å²) in [4.78, 5) is 0. The quantitative estimate of drug-likeness (QED) is 0.649. The van der Waals surface area contributed by atoms with Gasteiger partial charge in [-0.05, 0) is 18.8 Å². The lowest BCUT2D eigenvalue weighted by molar-refractivity contribution is -0.132. The molecule has 2 fully saturated rings. The van der Waals surface area contributed by atoms with E-state index < -0.39 is 5.60 Å². The van der Waals surface area contributed by atoms with E-state index in [9.17, 15) is 5.11 Å². The number of hydrogen-bond acceptors (Lipinski definition) is 2. The van der Waals surface area contributed by atoms with Crippen molar-refractivity contribution >= 4 is 0 Å². The molecular weight excluding hydrogens is 152 g/mol. The summed E-state index contributed by atoms with van der Waals surface area (Å²) >= 11 is 0. The molecule has 12 heavy (non-hydrogen) atoms. The predicted molar refractivity (Wildman–Crippen MR) is 46.9 cm³/mol. The van der Waals surface area contributed by atoms with Crippen LogP contribution in [0.3, 0.4) is 0 Å². The molecule has 0 radical (unpaired) electrons. The molecule has 2 nitrogen and oxygen atoms in total. The van der Waals surface area contributed by atoms with Crippen molar-refractivity contribution in [1.82, 2.24) is 0 Å². The van der Waals surface area contributed by atoms with Crippen LogP contribution in [0.5, 0.6) is 0 Å². The van der Waals surface area contributed by atoms with Gasteiger partial charge in [-0.1, -0.05) is 13.8 Å². The summed E-state index contributed by atoms with van der Waals surface area (Å²) in [5.74, 6) is 0.365. The fraction of sp³-hybridized carbons (Fsp3) is 1.00. The number of ether oxygens (including phenoxy) is 1. The molecule has 2 heterocycles. The molecule has 0 amide bonds. The van der Waals surface area contributed by atoms with Crippen LogP contribution in [0.15, 0.2) is 0 Å². The highest BCUT2D eigenvalue weighted by Gasteiger charge is 2.45. The molecule has 2 saturated heterocycles. The van der Waals surface area contributed by atoms with Crippen LogP contribution in [-0.4, -0.2) is 22.9 Å². The van der Waals surface area contributed by atoms with Crippen LogP contribution in [0, 0.1) is 5.92 Å². The first-order valence-electron chi connectivity index (χ1n) is 4.98. The van der Waals surface area contributed by atoms with E-state index in [1.54, 1.807) is 0 Å². The molecule has 3 atom stereocenters. The summed E-state index contributed by atoms with van der Waals surface area (Å²) in [7, 11) is 0. The van der Waals surface area contributed by atoms with Crippen molar-refractivity contribution in [2.75, 3.05) is 0 Å². The fourth-order valence-electron chi connectivity index (χ4n) is 2.42. The molecule has 0 spiro atoms. The second-order valence-corrected chi connectivity index (χ2v) is 4.62. The smallest absolute Gasteiger partial charge is 0.0719 e. The Balaban J connectivity index is 2.10. The standard InChI is InChI=1S/C10H18O2/c1-7(2)10(11)5-8-3-4-9(6-10)12-8/h7-9,11H,3-6H2,1-2H3/t8-,9?,10+/m1/s1. The van der Waals surface area contributed by atoms with Crippen molar-refractivity contribution < 1.29 is 9.84 Å². The first-order chi connectivity index (χ1) is 5.60. The van der Waals surface area contributed by atoms with Gasteiger partial charge in [0, 0.05) is 12.8 Å². The molecule has 2 aliphatic heterocycles. The second kappa shape index (κ2) is 2.71. The van der Waals surface area contributed by atoms with E-state index in [2.05, 4.69) is 13.8 Å². The van der Waals surface area contributed by atoms with Gasteiger partial charge in [0.05, 0.1) is 17.8 Å². The van der Waals surface area contributed by atoms with E-state index in [-0.39, 0.29) is 0 Å². The van der Waals surface area contributed by atoms with Gasteiger partial charge < -0.3 is 9.84 Å². The summed E-state index contributed by atoms with van der Waals surface area (Å²) < 4.78 is 5.68. The summed E-state index contributed by atoms with van der Waals surface area (Å²) in [6, 6.07) is 0. The zero-order chi connectivity index (χ0) is 8.77. The number of rotatable bonds is 1. The van der Waals surface area contributed by atoms with Crippen molar-refractivity contribution in [3.8, 4) is 0 Å². The maximum Gasteiger partial charge on any atom is 0.0719 e. The first-order valence-corrected chi connectivity index (χ1v) is 4.98. The molecule has 0 aromatic carbocycles. The molecule has 2 bridgehead atoms. The molecule has 2 rings (SSSR count). The summed E-state index contributed by atoms with van der Waals surface area (Å²) in [6.45, 7) is 4.20. The highest BCUT2D eigenvalue weighted by Crippen LogP contribution is 2.41. The highest BCUT2D eigenvalue weighted by molar-refractivity contribution is 4.95. The number of aliphatic hydroxyl groups is 1. The summed E-state index contributed by atoms with van der Waals surface area (Å²) in [5.41, 5.74) is -0.440. The Morgan fingerprint density at radius 3 is 2.17 bits per heavy atom. The molecule has 0 saturated carbocycles. The lowest BCUT2D eigenvalue weighted by Crippen LogP contribution is -2.44. The minimum absolute atomic E-state index is 0.344. The van der Waals surface area contributed by atoms with Crippen molar-refractivity contribution in [2.45, 2.75) is 57.3 Å². The molecule has 0 aromatic rings. The minimum atomic E-state index is -0.440. The van der Waals surface area contributed by atoms with Crippen LogP contribution >= 0.6 is 0 Å². The maximum absolute atomic E-state index is 10.2. The normalized spacial score (nSPS) is 47.0. The summed E-state index contributed by atoms with van der Waals surface area (Å²) in [5, 5.41) is 10.2. The van der Waals surface area contributed by atoms with Gasteiger partial charge in [-0.25, -0.2) is 0 Å². The van der Waals surface area contributed by atoms with Gasteiger partial charge in [-0.3, -0.25) is 0 Å². The van der Waals surface area contributed by atoms with Crippen LogP contribution < -0.4 is 0 Å². The summed E-state index contributed by atoms with van der Waals surface area (Å²) in [6.07, 6.45) is 4.69. The van der Waals surface area contributed by atoms with Gasteiger partial charge in [0.15, 0.2) is 0 Å². The average Bonchev–Trinajstić information content (AvgIpc) is 2.30. The Hall–Kier alpha value is -0.0800. The van der Waals surface area contributed by atoms with Crippen LogP contribution in [0.4, 0.5) is 0 Å². The average molecular weight is 170 g/mol. The van der Waals surface area contributed by atoms with Crippen LogP contribution in [0.25, 0.3) is 0 Å². The predicted octanol–water partition coefficient (Wildman–Crippen LogP) is 1.71. The van der Waals surface area contributed by atoms with Gasteiger partial charge in [-0.2, -0.15) is 0 Å². The van der Waals surface area contributed by atoms with Gasteiger partial charge in [0.25, 0.3) is 0 Å². The number of fused-ring (bicyclic) bond motifs is 2. The molecule has 1 N–H and O–H groups in total. The zero-order valence-corrected chi connectivity index (χ0v) is 7.92. The Morgan fingerprint density at radius 2 is 1.75 bits per heavy atom. The largest absolute Gasteiger partial charge is 0.389 e. The zero-order valence-electron chi connectivity index (χ0n) is 7.92. The Kier molecular flexibility index (Phi) is 1.92. The number of hydrogen-bond donors (Lipinski definition) is 1. The molecule has 2 aliphatic rings. The van der Waals surface area contributed by atoms with Crippen LogP contribution in [-0.2, 0) is 4.74 Å². The van der Waals surface area contributed by atoms with E-state index in [0.717, 1.165) is 25.7 Å². The molecule has 1 unspecified atom stereocenters. The highest BCUT2D eigenvalue weighted by atomic mass is 16.5. The van der Waals surface area contributed by atoms with Crippen molar-refractivity contribution in [1.29, 1.82) is 0 Å². The van der Waals surface area contributed by atoms with Crippen LogP contribution in [0.1, 0.15) is 39.5 Å². The fourth-order valence-corrected chi connectivity index (χ4v) is 2.42. The first kappa shape index (κ1) is 8.52. The molecule has 0 aromatic heterocycles. The molecule has 2 heteroatoms. The van der Waals surface area contributed by atoms with E-state index in [0.29, 0.717) is 18.1 Å². The van der Waals surface area contributed by atoms with Crippen molar-refractivity contribution in [2.24, 2.45) is 5.92 Å². The van der Waals surface area contributed by atoms with Gasteiger partial charge in [-0.15, -0.1) is 0 Å². The lowest BCUT2D eigenvalue weighted by Gasteiger charge is -2.39. The minimum Gasteiger partial charge on any atom is -0.389 e. The Bertz CT molecular complexity index is 165. The third-order valence-electron chi connectivity index (χ3n) is 3.43. The second-order valence-electron chi connectivity index (χ2n) is 4.62. The van der Waals surface area contributed by atoms with Gasteiger partial charge in [0.1, 0.15) is 0 Å². The third kappa shape index (κ3) is 1.27. The topological polar surface area (TPSA) is 29.5 Å². The molecule has 70 valence electrons. The SMILES string of the molecule is CC(C)[C@@]1(O)CC2CC[C@H](C1)O2. The third-order valence-corrected chi connectivity index (χ3v) is 3.43. The molecule has 0 aliphatic carbocycles. The Morgan fingerprint density at radius 1 is 1.25 bits per heavy atom. The van der Waals surface area contributed by atoms with E-state index in [1.807, 2.05) is 0 Å². The lowest BCUT2D eigenvalue weighted by atomic mass is 9.81. The maximum atomic E-state index is 10.2. The van der Waals surface area contributed by atoms with E-state index >= 15 is 0 Å². The van der Waals surface area contributed by atoms with Crippen molar-refractivity contribution in [3.63, 3.8) is 0 Å².